The third kappa shape index (κ3) is 8.29. The van der Waals surface area contributed by atoms with E-state index in [1.807, 2.05) is 0 Å². The highest BCUT2D eigenvalue weighted by Crippen LogP contribution is 2.20. The molecule has 0 saturated carbocycles. The fourth-order valence-corrected chi connectivity index (χ4v) is 1.67. The van der Waals surface area contributed by atoms with Crippen LogP contribution in [0.4, 0.5) is 0 Å². The van der Waals surface area contributed by atoms with Crippen LogP contribution in [0.5, 0.6) is 0 Å². The molecule has 0 amide bonds. The topological polar surface area (TPSA) is 9.23 Å². The van der Waals surface area contributed by atoms with Crippen molar-refractivity contribution < 1.29 is 4.74 Å². The van der Waals surface area contributed by atoms with Gasteiger partial charge in [-0.1, -0.05) is 32.6 Å². The maximum atomic E-state index is 5.82. The molecule has 0 bridgehead atoms. The molecule has 1 nitrogen and oxygen atoms in total. The summed E-state index contributed by atoms with van der Waals surface area (Å²) in [4.78, 5) is 0. The molecule has 0 fully saturated rings. The van der Waals surface area contributed by atoms with Crippen LogP contribution in [0.15, 0.2) is 0 Å². The average Bonchev–Trinajstić information content (AvgIpc) is 1.95. The Morgan fingerprint density at radius 2 is 1.69 bits per heavy atom. The summed E-state index contributed by atoms with van der Waals surface area (Å²) < 4.78 is 5.82. The van der Waals surface area contributed by atoms with E-state index in [2.05, 4.69) is 34.6 Å². The van der Waals surface area contributed by atoms with Crippen LogP contribution in [-0.4, -0.2) is 11.7 Å². The van der Waals surface area contributed by atoms with Gasteiger partial charge in [-0.2, -0.15) is 0 Å². The quantitative estimate of drug-likeness (QED) is 0.542. The lowest BCUT2D eigenvalue weighted by atomic mass is 9.99. The second-order valence-corrected chi connectivity index (χ2v) is 4.74. The van der Waals surface area contributed by atoms with Gasteiger partial charge in [0.2, 0.25) is 0 Å². The Hall–Kier alpha value is -0.0400. The molecular formula is C12H26O. The Morgan fingerprint density at radius 3 is 2.15 bits per heavy atom. The molecular weight excluding hydrogens is 160 g/mol. The van der Waals surface area contributed by atoms with Crippen molar-refractivity contribution in [3.8, 4) is 0 Å². The lowest BCUT2D eigenvalue weighted by molar-refractivity contribution is -0.0614. The predicted octanol–water partition coefficient (Wildman–Crippen LogP) is 4.16. The zero-order chi connectivity index (χ0) is 10.3. The van der Waals surface area contributed by atoms with Gasteiger partial charge in [0.15, 0.2) is 0 Å². The highest BCUT2D eigenvalue weighted by atomic mass is 16.5. The molecule has 0 radical (unpaired) electrons. The highest BCUT2D eigenvalue weighted by molar-refractivity contribution is 4.69. The van der Waals surface area contributed by atoms with Crippen molar-refractivity contribution in [3.63, 3.8) is 0 Å². The van der Waals surface area contributed by atoms with Crippen LogP contribution in [-0.2, 0) is 4.74 Å². The van der Waals surface area contributed by atoms with E-state index in [-0.39, 0.29) is 5.60 Å². The Balaban J connectivity index is 3.50. The Morgan fingerprint density at radius 1 is 1.08 bits per heavy atom. The first-order valence-corrected chi connectivity index (χ1v) is 5.66. The molecule has 0 aliphatic heterocycles. The number of hydrogen-bond acceptors (Lipinski definition) is 1. The van der Waals surface area contributed by atoms with Crippen molar-refractivity contribution in [2.45, 2.75) is 78.4 Å². The van der Waals surface area contributed by atoms with E-state index in [1.54, 1.807) is 0 Å². The van der Waals surface area contributed by atoms with Crippen LogP contribution in [0.2, 0.25) is 0 Å². The van der Waals surface area contributed by atoms with Gasteiger partial charge in [0, 0.05) is 0 Å². The third-order valence-corrected chi connectivity index (χ3v) is 2.19. The molecule has 0 aliphatic carbocycles. The van der Waals surface area contributed by atoms with Gasteiger partial charge in [0.1, 0.15) is 0 Å². The molecule has 80 valence electrons. The van der Waals surface area contributed by atoms with Crippen molar-refractivity contribution in [2.24, 2.45) is 0 Å². The summed E-state index contributed by atoms with van der Waals surface area (Å²) >= 11 is 0. The first-order valence-electron chi connectivity index (χ1n) is 5.66. The minimum atomic E-state index is 0.0713. The maximum absolute atomic E-state index is 5.82. The Bertz CT molecular complexity index is 116. The van der Waals surface area contributed by atoms with Gasteiger partial charge in [-0.3, -0.25) is 0 Å². The molecule has 0 heterocycles. The largest absolute Gasteiger partial charge is 0.373 e. The average molecular weight is 186 g/mol. The summed E-state index contributed by atoms with van der Waals surface area (Å²) in [6.07, 6.45) is 6.85. The molecule has 0 atom stereocenters. The SMILES string of the molecule is CCCCCCC(C)(C)OC(C)C. The Kier molecular flexibility index (Phi) is 6.40. The molecule has 0 spiro atoms. The molecule has 0 saturated heterocycles. The van der Waals surface area contributed by atoms with Gasteiger partial charge in [-0.15, -0.1) is 0 Å². The van der Waals surface area contributed by atoms with Gasteiger partial charge in [0.25, 0.3) is 0 Å². The van der Waals surface area contributed by atoms with E-state index in [0.29, 0.717) is 6.10 Å². The zero-order valence-corrected chi connectivity index (χ0v) is 10.0. The molecule has 13 heavy (non-hydrogen) atoms. The van der Waals surface area contributed by atoms with Crippen LogP contribution in [0.3, 0.4) is 0 Å². The van der Waals surface area contributed by atoms with Gasteiger partial charge >= 0.3 is 0 Å². The zero-order valence-electron chi connectivity index (χ0n) is 10.0. The monoisotopic (exact) mass is 186 g/mol. The normalized spacial score (nSPS) is 12.5. The maximum Gasteiger partial charge on any atom is 0.0630 e. The van der Waals surface area contributed by atoms with Crippen LogP contribution in [0, 0.1) is 0 Å². The number of rotatable bonds is 7. The molecule has 0 unspecified atom stereocenters. The first kappa shape index (κ1) is 13.0. The molecule has 0 aromatic heterocycles. The smallest absolute Gasteiger partial charge is 0.0630 e. The van der Waals surface area contributed by atoms with Gasteiger partial charge < -0.3 is 4.74 Å². The van der Waals surface area contributed by atoms with E-state index in [1.165, 1.54) is 32.1 Å². The number of hydrogen-bond donors (Lipinski definition) is 0. The van der Waals surface area contributed by atoms with Crippen molar-refractivity contribution in [1.82, 2.24) is 0 Å². The fourth-order valence-electron chi connectivity index (χ4n) is 1.67. The van der Waals surface area contributed by atoms with E-state index in [4.69, 9.17) is 4.74 Å². The minimum absolute atomic E-state index is 0.0713. The van der Waals surface area contributed by atoms with E-state index < -0.39 is 0 Å². The van der Waals surface area contributed by atoms with Gasteiger partial charge in [-0.25, -0.2) is 0 Å². The first-order chi connectivity index (χ1) is 5.98. The van der Waals surface area contributed by atoms with E-state index in [0.717, 1.165) is 0 Å². The number of unbranched alkanes of at least 4 members (excludes halogenated alkanes) is 3. The van der Waals surface area contributed by atoms with Crippen molar-refractivity contribution in [3.05, 3.63) is 0 Å². The summed E-state index contributed by atoms with van der Waals surface area (Å²) in [5.74, 6) is 0. The van der Waals surface area contributed by atoms with Gasteiger partial charge in [0.05, 0.1) is 11.7 Å². The van der Waals surface area contributed by atoms with Crippen LogP contribution in [0.1, 0.15) is 66.7 Å². The fraction of sp³-hybridized carbons (Fsp3) is 1.00. The summed E-state index contributed by atoms with van der Waals surface area (Å²) in [7, 11) is 0. The van der Waals surface area contributed by atoms with Crippen LogP contribution >= 0.6 is 0 Å². The van der Waals surface area contributed by atoms with Crippen LogP contribution < -0.4 is 0 Å². The second kappa shape index (κ2) is 6.42. The predicted molar refractivity (Wildman–Crippen MR) is 59.1 cm³/mol. The minimum Gasteiger partial charge on any atom is -0.373 e. The summed E-state index contributed by atoms with van der Waals surface area (Å²) in [6, 6.07) is 0. The third-order valence-electron chi connectivity index (χ3n) is 2.19. The molecule has 0 aliphatic rings. The number of ether oxygens (including phenoxy) is 1. The summed E-state index contributed by atoms with van der Waals surface area (Å²) in [5.41, 5.74) is 0.0713. The molecule has 0 rings (SSSR count). The lowest BCUT2D eigenvalue weighted by Gasteiger charge is -2.27. The van der Waals surface area contributed by atoms with E-state index >= 15 is 0 Å². The van der Waals surface area contributed by atoms with Crippen LogP contribution in [0.25, 0.3) is 0 Å². The Labute approximate surface area is 83.9 Å². The van der Waals surface area contributed by atoms with Gasteiger partial charge in [-0.05, 0) is 34.1 Å². The molecule has 0 N–H and O–H groups in total. The van der Waals surface area contributed by atoms with Crippen molar-refractivity contribution in [2.75, 3.05) is 0 Å². The van der Waals surface area contributed by atoms with Crippen molar-refractivity contribution in [1.29, 1.82) is 0 Å². The van der Waals surface area contributed by atoms with E-state index in [9.17, 15) is 0 Å². The highest BCUT2D eigenvalue weighted by Gasteiger charge is 2.18. The molecule has 1 heteroatoms. The summed E-state index contributed by atoms with van der Waals surface area (Å²) in [5, 5.41) is 0. The second-order valence-electron chi connectivity index (χ2n) is 4.74. The molecule has 0 aromatic rings. The molecule has 0 aromatic carbocycles. The lowest BCUT2D eigenvalue weighted by Crippen LogP contribution is -2.27. The standard InChI is InChI=1S/C12H26O/c1-6-7-8-9-10-12(4,5)13-11(2)3/h11H,6-10H2,1-5H3. The van der Waals surface area contributed by atoms with Crippen molar-refractivity contribution >= 4 is 0 Å². The summed E-state index contributed by atoms with van der Waals surface area (Å²) in [6.45, 7) is 10.8.